The standard InChI is InChI=1S/C12H12Cl2N4O/c13-9-4-3-8(6-10(9)14)12(19)15-5-1-2-11-16-7-17-18-11/h3-4,6-7H,1-2,5H2,(H,15,19)(H,16,17,18). The Labute approximate surface area is 120 Å². The topological polar surface area (TPSA) is 70.7 Å². The molecule has 7 heteroatoms. The van der Waals surface area contributed by atoms with E-state index in [1.54, 1.807) is 18.2 Å². The highest BCUT2D eigenvalue weighted by Crippen LogP contribution is 2.22. The van der Waals surface area contributed by atoms with Gasteiger partial charge in [-0.15, -0.1) is 0 Å². The Morgan fingerprint density at radius 2 is 2.16 bits per heavy atom. The SMILES string of the molecule is O=C(NCCCc1ncn[nH]1)c1ccc(Cl)c(Cl)c1. The number of aryl methyl sites for hydroxylation is 1. The number of halogens is 2. The molecule has 0 fully saturated rings. The summed E-state index contributed by atoms with van der Waals surface area (Å²) >= 11 is 11.6. The summed E-state index contributed by atoms with van der Waals surface area (Å²) in [4.78, 5) is 15.8. The van der Waals surface area contributed by atoms with Crippen molar-refractivity contribution in [2.45, 2.75) is 12.8 Å². The van der Waals surface area contributed by atoms with E-state index in [9.17, 15) is 4.79 Å². The van der Waals surface area contributed by atoms with Gasteiger partial charge in [-0.25, -0.2) is 4.98 Å². The van der Waals surface area contributed by atoms with Gasteiger partial charge in [0.25, 0.3) is 5.91 Å². The van der Waals surface area contributed by atoms with E-state index in [0.717, 1.165) is 18.7 Å². The van der Waals surface area contributed by atoms with Crippen LogP contribution in [0.4, 0.5) is 0 Å². The highest BCUT2D eigenvalue weighted by Gasteiger charge is 2.07. The summed E-state index contributed by atoms with van der Waals surface area (Å²) in [5.41, 5.74) is 0.495. The largest absolute Gasteiger partial charge is 0.352 e. The number of nitrogens with one attached hydrogen (secondary N) is 2. The first-order valence-electron chi connectivity index (χ1n) is 5.74. The van der Waals surface area contributed by atoms with Gasteiger partial charge in [-0.1, -0.05) is 23.2 Å². The van der Waals surface area contributed by atoms with E-state index in [1.165, 1.54) is 6.33 Å². The zero-order chi connectivity index (χ0) is 13.7. The quantitative estimate of drug-likeness (QED) is 0.833. The van der Waals surface area contributed by atoms with Crippen LogP contribution in [0, 0.1) is 0 Å². The van der Waals surface area contributed by atoms with Gasteiger partial charge in [-0.2, -0.15) is 5.10 Å². The summed E-state index contributed by atoms with van der Waals surface area (Å²) in [5.74, 6) is 0.639. The Hall–Kier alpha value is -1.59. The lowest BCUT2D eigenvalue weighted by molar-refractivity contribution is 0.0953. The van der Waals surface area contributed by atoms with Crippen molar-refractivity contribution in [3.63, 3.8) is 0 Å². The monoisotopic (exact) mass is 298 g/mol. The third kappa shape index (κ3) is 3.94. The number of aromatic nitrogens is 3. The normalized spacial score (nSPS) is 10.4. The van der Waals surface area contributed by atoms with Crippen LogP contribution in [0.1, 0.15) is 22.6 Å². The van der Waals surface area contributed by atoms with E-state index in [-0.39, 0.29) is 5.91 Å². The zero-order valence-electron chi connectivity index (χ0n) is 9.99. The molecule has 1 aromatic carbocycles. The molecule has 0 unspecified atom stereocenters. The minimum atomic E-state index is -0.170. The third-order valence-corrected chi connectivity index (χ3v) is 3.26. The number of hydrogen-bond acceptors (Lipinski definition) is 3. The number of aromatic amines is 1. The fourth-order valence-corrected chi connectivity index (χ4v) is 1.85. The van der Waals surface area contributed by atoms with E-state index >= 15 is 0 Å². The molecule has 0 bridgehead atoms. The summed E-state index contributed by atoms with van der Waals surface area (Å²) in [5, 5.41) is 10.1. The number of amides is 1. The highest BCUT2D eigenvalue weighted by molar-refractivity contribution is 6.42. The second-order valence-electron chi connectivity index (χ2n) is 3.92. The molecule has 0 saturated heterocycles. The molecule has 0 atom stereocenters. The van der Waals surface area contributed by atoms with Gasteiger partial charge in [0.1, 0.15) is 12.2 Å². The minimum Gasteiger partial charge on any atom is -0.352 e. The summed E-state index contributed by atoms with van der Waals surface area (Å²) in [6.45, 7) is 0.555. The zero-order valence-corrected chi connectivity index (χ0v) is 11.5. The number of hydrogen-bond donors (Lipinski definition) is 2. The fraction of sp³-hybridized carbons (Fsp3) is 0.250. The van der Waals surface area contributed by atoms with Crippen molar-refractivity contribution in [2.75, 3.05) is 6.54 Å². The van der Waals surface area contributed by atoms with Gasteiger partial charge < -0.3 is 5.32 Å². The first-order valence-corrected chi connectivity index (χ1v) is 6.50. The van der Waals surface area contributed by atoms with E-state index in [1.807, 2.05) is 0 Å². The molecule has 0 saturated carbocycles. The molecule has 0 radical (unpaired) electrons. The van der Waals surface area contributed by atoms with Crippen LogP contribution in [0.2, 0.25) is 10.0 Å². The maximum absolute atomic E-state index is 11.8. The maximum atomic E-state index is 11.8. The van der Waals surface area contributed by atoms with Gasteiger partial charge >= 0.3 is 0 Å². The van der Waals surface area contributed by atoms with Crippen LogP contribution in [0.15, 0.2) is 24.5 Å². The van der Waals surface area contributed by atoms with Crippen molar-refractivity contribution in [1.82, 2.24) is 20.5 Å². The van der Waals surface area contributed by atoms with Crippen LogP contribution in [-0.2, 0) is 6.42 Å². The molecule has 0 aliphatic heterocycles. The molecule has 1 heterocycles. The molecule has 0 spiro atoms. The molecule has 2 N–H and O–H groups in total. The Morgan fingerprint density at radius 3 is 2.84 bits per heavy atom. The van der Waals surface area contributed by atoms with Crippen LogP contribution in [0.25, 0.3) is 0 Å². The number of carbonyl (C=O) groups is 1. The van der Waals surface area contributed by atoms with E-state index in [4.69, 9.17) is 23.2 Å². The second-order valence-corrected chi connectivity index (χ2v) is 4.73. The van der Waals surface area contributed by atoms with Crippen LogP contribution >= 0.6 is 23.2 Å². The molecule has 1 aromatic heterocycles. The number of nitrogens with zero attached hydrogens (tertiary/aromatic N) is 2. The second kappa shape index (κ2) is 6.54. The molecule has 100 valence electrons. The average molecular weight is 299 g/mol. The lowest BCUT2D eigenvalue weighted by Gasteiger charge is -2.05. The first-order chi connectivity index (χ1) is 9.16. The number of rotatable bonds is 5. The van der Waals surface area contributed by atoms with Crippen molar-refractivity contribution in [3.05, 3.63) is 46.0 Å². The van der Waals surface area contributed by atoms with Crippen LogP contribution in [0.3, 0.4) is 0 Å². The van der Waals surface area contributed by atoms with Crippen molar-refractivity contribution >= 4 is 29.1 Å². The Kier molecular flexibility index (Phi) is 4.76. The molecule has 2 aromatic rings. The van der Waals surface area contributed by atoms with Gasteiger partial charge in [0, 0.05) is 18.5 Å². The van der Waals surface area contributed by atoms with Gasteiger partial charge in [0.15, 0.2) is 0 Å². The average Bonchev–Trinajstić information content (AvgIpc) is 2.91. The first kappa shape index (κ1) is 13.8. The number of H-pyrrole nitrogens is 1. The lowest BCUT2D eigenvalue weighted by atomic mass is 10.2. The molecule has 2 rings (SSSR count). The highest BCUT2D eigenvalue weighted by atomic mass is 35.5. The summed E-state index contributed by atoms with van der Waals surface area (Å²) in [6.07, 6.45) is 2.98. The molecule has 5 nitrogen and oxygen atoms in total. The predicted octanol–water partition coefficient (Wildman–Crippen LogP) is 2.47. The van der Waals surface area contributed by atoms with Crippen molar-refractivity contribution in [2.24, 2.45) is 0 Å². The Balaban J connectivity index is 1.79. The Bertz CT molecular complexity index is 557. The fourth-order valence-electron chi connectivity index (χ4n) is 1.55. The lowest BCUT2D eigenvalue weighted by Crippen LogP contribution is -2.24. The van der Waals surface area contributed by atoms with Gasteiger partial charge in [0.2, 0.25) is 0 Å². The van der Waals surface area contributed by atoms with Gasteiger partial charge in [0.05, 0.1) is 10.0 Å². The maximum Gasteiger partial charge on any atom is 0.251 e. The van der Waals surface area contributed by atoms with Crippen molar-refractivity contribution in [3.8, 4) is 0 Å². The molecule has 1 amide bonds. The van der Waals surface area contributed by atoms with Crippen molar-refractivity contribution < 1.29 is 4.79 Å². The van der Waals surface area contributed by atoms with Crippen LogP contribution < -0.4 is 5.32 Å². The van der Waals surface area contributed by atoms with E-state index < -0.39 is 0 Å². The summed E-state index contributed by atoms with van der Waals surface area (Å²) < 4.78 is 0. The smallest absolute Gasteiger partial charge is 0.251 e. The van der Waals surface area contributed by atoms with E-state index in [2.05, 4.69) is 20.5 Å². The molecule has 0 aliphatic carbocycles. The van der Waals surface area contributed by atoms with Gasteiger partial charge in [-0.05, 0) is 24.6 Å². The Morgan fingerprint density at radius 1 is 1.32 bits per heavy atom. The summed E-state index contributed by atoms with van der Waals surface area (Å²) in [7, 11) is 0. The van der Waals surface area contributed by atoms with Crippen LogP contribution in [-0.4, -0.2) is 27.6 Å². The third-order valence-electron chi connectivity index (χ3n) is 2.52. The van der Waals surface area contributed by atoms with Gasteiger partial charge in [-0.3, -0.25) is 9.89 Å². The minimum absolute atomic E-state index is 0.170. The molecular formula is C12H12Cl2N4O. The number of benzene rings is 1. The van der Waals surface area contributed by atoms with Crippen molar-refractivity contribution in [1.29, 1.82) is 0 Å². The molecule has 19 heavy (non-hydrogen) atoms. The molecule has 0 aliphatic rings. The van der Waals surface area contributed by atoms with Crippen LogP contribution in [0.5, 0.6) is 0 Å². The number of carbonyl (C=O) groups excluding carboxylic acids is 1. The summed E-state index contributed by atoms with van der Waals surface area (Å²) in [6, 6.07) is 4.79. The van der Waals surface area contributed by atoms with E-state index in [0.29, 0.717) is 22.2 Å². The molecular weight excluding hydrogens is 287 g/mol. The predicted molar refractivity (Wildman–Crippen MR) is 73.5 cm³/mol.